The van der Waals surface area contributed by atoms with Gasteiger partial charge < -0.3 is 10.0 Å². The minimum Gasteiger partial charge on any atom is -0.393 e. The second-order valence-electron chi connectivity index (χ2n) is 5.96. The number of rotatable bonds is 2. The largest absolute Gasteiger partial charge is 0.393 e. The van der Waals surface area contributed by atoms with Gasteiger partial charge in [0.2, 0.25) is 0 Å². The second-order valence-corrected chi connectivity index (χ2v) is 5.96. The highest BCUT2D eigenvalue weighted by Crippen LogP contribution is 2.31. The van der Waals surface area contributed by atoms with Gasteiger partial charge in [0, 0.05) is 30.3 Å². The van der Waals surface area contributed by atoms with E-state index in [1.54, 1.807) is 0 Å². The molecule has 1 aromatic rings. The first kappa shape index (κ1) is 12.9. The average molecular weight is 261 g/mol. The maximum Gasteiger partial charge on any atom is 0.135 e. The van der Waals surface area contributed by atoms with Crippen LogP contribution in [0, 0.1) is 12.8 Å². The van der Waals surface area contributed by atoms with E-state index in [0.717, 1.165) is 44.0 Å². The second kappa shape index (κ2) is 5.08. The van der Waals surface area contributed by atoms with Crippen LogP contribution in [0.3, 0.4) is 0 Å². The van der Waals surface area contributed by atoms with Crippen molar-refractivity contribution in [1.29, 1.82) is 0 Å². The molecule has 0 spiro atoms. The smallest absolute Gasteiger partial charge is 0.135 e. The van der Waals surface area contributed by atoms with Crippen molar-refractivity contribution in [2.75, 3.05) is 18.0 Å². The van der Waals surface area contributed by atoms with Gasteiger partial charge in [-0.25, -0.2) is 9.97 Å². The summed E-state index contributed by atoms with van der Waals surface area (Å²) < 4.78 is 0. The molecule has 3 rings (SSSR count). The van der Waals surface area contributed by atoms with Crippen molar-refractivity contribution in [3.63, 3.8) is 0 Å². The predicted molar refractivity (Wildman–Crippen MR) is 75.4 cm³/mol. The molecule has 0 amide bonds. The molecule has 1 N–H and O–H groups in total. The molecular weight excluding hydrogens is 238 g/mol. The molecule has 1 fully saturated rings. The number of anilines is 1. The molecule has 4 nitrogen and oxygen atoms in total. The fourth-order valence-electron chi connectivity index (χ4n) is 3.33. The van der Waals surface area contributed by atoms with Gasteiger partial charge in [0.1, 0.15) is 11.6 Å². The minimum absolute atomic E-state index is 0.219. The van der Waals surface area contributed by atoms with Crippen LogP contribution in [0.2, 0.25) is 0 Å². The fourth-order valence-corrected chi connectivity index (χ4v) is 3.33. The number of hydrogen-bond donors (Lipinski definition) is 1. The molecule has 2 aliphatic rings. The number of aromatic nitrogens is 2. The molecule has 1 aliphatic carbocycles. The standard InChI is InChI=1S/C15H23N3O/c1-10(19)12-7-8-18(9-12)15-13-5-3-4-6-14(13)16-11(2)17-15/h10,12,19H,3-9H2,1-2H3. The van der Waals surface area contributed by atoms with Crippen molar-refractivity contribution in [2.24, 2.45) is 5.92 Å². The Labute approximate surface area is 114 Å². The summed E-state index contributed by atoms with van der Waals surface area (Å²) in [5.41, 5.74) is 2.62. The van der Waals surface area contributed by atoms with E-state index in [9.17, 15) is 5.11 Å². The van der Waals surface area contributed by atoms with E-state index in [-0.39, 0.29) is 6.10 Å². The van der Waals surface area contributed by atoms with Gasteiger partial charge in [0.05, 0.1) is 6.10 Å². The van der Waals surface area contributed by atoms with E-state index >= 15 is 0 Å². The number of fused-ring (bicyclic) bond motifs is 1. The van der Waals surface area contributed by atoms with Crippen molar-refractivity contribution in [3.05, 3.63) is 17.1 Å². The maximum absolute atomic E-state index is 9.75. The molecule has 19 heavy (non-hydrogen) atoms. The zero-order valence-electron chi connectivity index (χ0n) is 11.9. The van der Waals surface area contributed by atoms with E-state index in [0.29, 0.717) is 5.92 Å². The Morgan fingerprint density at radius 1 is 1.26 bits per heavy atom. The molecule has 0 radical (unpaired) electrons. The van der Waals surface area contributed by atoms with Gasteiger partial charge in [0.15, 0.2) is 0 Å². The summed E-state index contributed by atoms with van der Waals surface area (Å²) in [4.78, 5) is 11.7. The van der Waals surface area contributed by atoms with Crippen molar-refractivity contribution in [2.45, 2.75) is 52.1 Å². The first-order valence-electron chi connectivity index (χ1n) is 7.44. The Morgan fingerprint density at radius 3 is 2.79 bits per heavy atom. The summed E-state index contributed by atoms with van der Waals surface area (Å²) in [6.45, 7) is 5.83. The van der Waals surface area contributed by atoms with E-state index in [2.05, 4.69) is 9.88 Å². The summed E-state index contributed by atoms with van der Waals surface area (Å²) in [6, 6.07) is 0. The lowest BCUT2D eigenvalue weighted by atomic mass is 9.96. The quantitative estimate of drug-likeness (QED) is 0.883. The van der Waals surface area contributed by atoms with Crippen LogP contribution in [-0.2, 0) is 12.8 Å². The third kappa shape index (κ3) is 2.46. The number of hydrogen-bond acceptors (Lipinski definition) is 4. The zero-order chi connectivity index (χ0) is 13.4. The molecule has 0 aromatic carbocycles. The van der Waals surface area contributed by atoms with E-state index < -0.39 is 0 Å². The van der Waals surface area contributed by atoms with Crippen molar-refractivity contribution >= 4 is 5.82 Å². The Balaban J connectivity index is 1.90. The molecular formula is C15H23N3O. The topological polar surface area (TPSA) is 49.2 Å². The first-order valence-corrected chi connectivity index (χ1v) is 7.44. The summed E-state index contributed by atoms with van der Waals surface area (Å²) in [5.74, 6) is 2.41. The van der Waals surface area contributed by atoms with Gasteiger partial charge in [-0.2, -0.15) is 0 Å². The average Bonchev–Trinajstić information content (AvgIpc) is 2.87. The number of aryl methyl sites for hydroxylation is 2. The normalized spacial score (nSPS) is 24.4. The lowest BCUT2D eigenvalue weighted by molar-refractivity contribution is 0.136. The Hall–Kier alpha value is -1.16. The van der Waals surface area contributed by atoms with Crippen LogP contribution in [0.1, 0.15) is 43.3 Å². The zero-order valence-corrected chi connectivity index (χ0v) is 11.9. The molecule has 1 aromatic heterocycles. The predicted octanol–water partition coefficient (Wildman–Crippen LogP) is 1.87. The van der Waals surface area contributed by atoms with Gasteiger partial charge in [-0.1, -0.05) is 0 Å². The highest BCUT2D eigenvalue weighted by molar-refractivity contribution is 5.51. The molecule has 4 heteroatoms. The number of nitrogens with zero attached hydrogens (tertiary/aromatic N) is 3. The van der Waals surface area contributed by atoms with Crippen LogP contribution < -0.4 is 4.90 Å². The Morgan fingerprint density at radius 2 is 2.05 bits per heavy atom. The van der Waals surface area contributed by atoms with Crippen LogP contribution in [0.4, 0.5) is 5.82 Å². The number of aliphatic hydroxyl groups is 1. The molecule has 1 saturated heterocycles. The Kier molecular flexibility index (Phi) is 3.44. The van der Waals surface area contributed by atoms with Gasteiger partial charge in [-0.3, -0.25) is 0 Å². The molecule has 2 heterocycles. The minimum atomic E-state index is -0.219. The van der Waals surface area contributed by atoms with E-state index in [1.807, 2.05) is 13.8 Å². The third-order valence-electron chi connectivity index (χ3n) is 4.48. The van der Waals surface area contributed by atoms with Crippen LogP contribution in [0.5, 0.6) is 0 Å². The van der Waals surface area contributed by atoms with Gasteiger partial charge in [0.25, 0.3) is 0 Å². The molecule has 104 valence electrons. The third-order valence-corrected chi connectivity index (χ3v) is 4.48. The summed E-state index contributed by atoms with van der Waals surface area (Å²) >= 11 is 0. The van der Waals surface area contributed by atoms with Crippen molar-refractivity contribution in [3.8, 4) is 0 Å². The van der Waals surface area contributed by atoms with Crippen molar-refractivity contribution < 1.29 is 5.11 Å². The highest BCUT2D eigenvalue weighted by Gasteiger charge is 2.29. The van der Waals surface area contributed by atoms with Crippen LogP contribution >= 0.6 is 0 Å². The van der Waals surface area contributed by atoms with Crippen LogP contribution in [-0.4, -0.2) is 34.3 Å². The summed E-state index contributed by atoms with van der Waals surface area (Å²) in [5, 5.41) is 9.75. The lowest BCUT2D eigenvalue weighted by Crippen LogP contribution is -2.27. The van der Waals surface area contributed by atoms with E-state index in [4.69, 9.17) is 4.98 Å². The maximum atomic E-state index is 9.75. The van der Waals surface area contributed by atoms with Gasteiger partial charge >= 0.3 is 0 Å². The van der Waals surface area contributed by atoms with E-state index in [1.165, 1.54) is 24.1 Å². The van der Waals surface area contributed by atoms with Crippen LogP contribution in [0.25, 0.3) is 0 Å². The summed E-state index contributed by atoms with van der Waals surface area (Å²) in [7, 11) is 0. The molecule has 2 unspecified atom stereocenters. The molecule has 0 saturated carbocycles. The monoisotopic (exact) mass is 261 g/mol. The van der Waals surface area contributed by atoms with Gasteiger partial charge in [-0.15, -0.1) is 0 Å². The van der Waals surface area contributed by atoms with Crippen LogP contribution in [0.15, 0.2) is 0 Å². The Bertz CT molecular complexity index is 473. The molecule has 1 aliphatic heterocycles. The lowest BCUT2D eigenvalue weighted by Gasteiger charge is -2.25. The fraction of sp³-hybridized carbons (Fsp3) is 0.733. The van der Waals surface area contributed by atoms with Gasteiger partial charge in [-0.05, 0) is 46.0 Å². The highest BCUT2D eigenvalue weighted by atomic mass is 16.3. The summed E-state index contributed by atoms with van der Waals surface area (Å²) in [6.07, 6.45) is 5.55. The SMILES string of the molecule is Cc1nc2c(c(N3CCC(C(C)O)C3)n1)CCCC2. The molecule has 0 bridgehead atoms. The first-order chi connectivity index (χ1) is 9.15. The van der Waals surface area contributed by atoms with Crippen molar-refractivity contribution in [1.82, 2.24) is 9.97 Å². The molecule has 2 atom stereocenters. The number of aliphatic hydroxyl groups excluding tert-OH is 1.